The van der Waals surface area contributed by atoms with Gasteiger partial charge in [0, 0.05) is 36.1 Å². The number of fused-ring (bicyclic) bond motifs is 4. The summed E-state index contributed by atoms with van der Waals surface area (Å²) in [6, 6.07) is 7.16. The summed E-state index contributed by atoms with van der Waals surface area (Å²) >= 11 is 1.91. The van der Waals surface area contributed by atoms with Crippen molar-refractivity contribution in [2.24, 2.45) is 0 Å². The number of thiophene rings is 1. The number of benzene rings is 1. The van der Waals surface area contributed by atoms with Gasteiger partial charge < -0.3 is 14.4 Å². The van der Waals surface area contributed by atoms with Crippen LogP contribution < -0.4 is 9.47 Å². The van der Waals surface area contributed by atoms with Crippen molar-refractivity contribution in [1.82, 2.24) is 9.80 Å². The van der Waals surface area contributed by atoms with E-state index in [0.717, 1.165) is 37.6 Å². The van der Waals surface area contributed by atoms with Crippen molar-refractivity contribution in [2.45, 2.75) is 25.4 Å². The predicted octanol–water partition coefficient (Wildman–Crippen LogP) is 3.35. The van der Waals surface area contributed by atoms with E-state index in [1.165, 1.54) is 23.1 Å². The fourth-order valence-electron chi connectivity index (χ4n) is 3.98. The van der Waals surface area contributed by atoms with Crippen molar-refractivity contribution < 1.29 is 9.47 Å². The molecule has 0 spiro atoms. The Balaban J connectivity index is 1.61. The Morgan fingerprint density at radius 3 is 2.96 bits per heavy atom. The zero-order valence-corrected chi connectivity index (χ0v) is 16.1. The lowest BCUT2D eigenvalue weighted by Crippen LogP contribution is -2.38. The topological polar surface area (TPSA) is 24.9 Å². The third-order valence-corrected chi connectivity index (χ3v) is 6.30. The van der Waals surface area contributed by atoms with Crippen LogP contribution in [-0.4, -0.2) is 50.7 Å². The van der Waals surface area contributed by atoms with Gasteiger partial charge in [0.05, 0.1) is 7.11 Å². The van der Waals surface area contributed by atoms with E-state index in [4.69, 9.17) is 9.47 Å². The van der Waals surface area contributed by atoms with Crippen LogP contribution in [0.2, 0.25) is 0 Å². The standard InChI is InChI=1S/C20H26N2O2S/c1-21(2)9-10-24-18-5-4-14-12-17-15-7-11-25-19(15)6-8-22(17)13-16(14)20(18)23-3/h4-5,7,11,17H,6,8-10,12-13H2,1-3H3/t17-/m0/s1. The van der Waals surface area contributed by atoms with Gasteiger partial charge in [0.25, 0.3) is 0 Å². The third-order valence-electron chi connectivity index (χ3n) is 5.30. The third kappa shape index (κ3) is 3.16. The molecule has 2 aliphatic rings. The highest BCUT2D eigenvalue weighted by Gasteiger charge is 2.34. The summed E-state index contributed by atoms with van der Waals surface area (Å²) in [5.41, 5.74) is 4.24. The molecule has 1 aromatic carbocycles. The molecular weight excluding hydrogens is 332 g/mol. The maximum atomic E-state index is 6.00. The maximum Gasteiger partial charge on any atom is 0.165 e. The highest BCUT2D eigenvalue weighted by molar-refractivity contribution is 7.10. The molecule has 0 saturated heterocycles. The summed E-state index contributed by atoms with van der Waals surface area (Å²) in [7, 11) is 5.87. The zero-order valence-electron chi connectivity index (χ0n) is 15.2. The molecule has 0 N–H and O–H groups in total. The SMILES string of the molecule is COc1c(OCCN(C)C)ccc2c1CN1CCc3sccc3[C@@H]1C2. The van der Waals surface area contributed by atoms with Crippen LogP contribution in [0.3, 0.4) is 0 Å². The van der Waals surface area contributed by atoms with E-state index in [1.807, 2.05) is 11.3 Å². The molecule has 0 radical (unpaired) electrons. The van der Waals surface area contributed by atoms with E-state index in [0.29, 0.717) is 12.6 Å². The van der Waals surface area contributed by atoms with Gasteiger partial charge >= 0.3 is 0 Å². The lowest BCUT2D eigenvalue weighted by Gasteiger charge is -2.40. The van der Waals surface area contributed by atoms with Crippen molar-refractivity contribution >= 4 is 11.3 Å². The van der Waals surface area contributed by atoms with Crippen molar-refractivity contribution in [3.63, 3.8) is 0 Å². The number of methoxy groups -OCH3 is 1. The van der Waals surface area contributed by atoms with Gasteiger partial charge in [-0.3, -0.25) is 4.90 Å². The molecule has 5 heteroatoms. The van der Waals surface area contributed by atoms with Crippen LogP contribution in [0.4, 0.5) is 0 Å². The van der Waals surface area contributed by atoms with Crippen LogP contribution in [0.15, 0.2) is 23.6 Å². The van der Waals surface area contributed by atoms with E-state index < -0.39 is 0 Å². The second-order valence-corrected chi connectivity index (χ2v) is 8.13. The second-order valence-electron chi connectivity index (χ2n) is 7.13. The molecule has 4 nitrogen and oxygen atoms in total. The molecule has 3 heterocycles. The fourth-order valence-corrected chi connectivity index (χ4v) is 4.90. The normalized spacial score (nSPS) is 19.3. The van der Waals surface area contributed by atoms with Gasteiger partial charge in [0.2, 0.25) is 0 Å². The molecule has 1 aromatic heterocycles. The zero-order chi connectivity index (χ0) is 17.4. The van der Waals surface area contributed by atoms with Crippen LogP contribution >= 0.6 is 11.3 Å². The smallest absolute Gasteiger partial charge is 0.165 e. The lowest BCUT2D eigenvalue weighted by molar-refractivity contribution is 0.159. The van der Waals surface area contributed by atoms with E-state index in [-0.39, 0.29) is 0 Å². The molecule has 4 rings (SSSR count). The summed E-state index contributed by atoms with van der Waals surface area (Å²) in [6.07, 6.45) is 2.23. The highest BCUT2D eigenvalue weighted by atomic mass is 32.1. The van der Waals surface area contributed by atoms with Gasteiger partial charge in [-0.1, -0.05) is 6.07 Å². The summed E-state index contributed by atoms with van der Waals surface area (Å²) in [6.45, 7) is 3.65. The minimum absolute atomic E-state index is 0.521. The Morgan fingerprint density at radius 1 is 1.28 bits per heavy atom. The molecule has 0 amide bonds. The Hall–Kier alpha value is -1.56. The van der Waals surface area contributed by atoms with Gasteiger partial charge in [-0.25, -0.2) is 0 Å². The summed E-state index contributed by atoms with van der Waals surface area (Å²) in [5.74, 6) is 1.79. The Bertz CT molecular complexity index is 756. The number of nitrogens with zero attached hydrogens (tertiary/aromatic N) is 2. The number of hydrogen-bond acceptors (Lipinski definition) is 5. The van der Waals surface area contributed by atoms with E-state index in [1.54, 1.807) is 12.0 Å². The first-order chi connectivity index (χ1) is 12.2. The average molecular weight is 359 g/mol. The van der Waals surface area contributed by atoms with Crippen LogP contribution in [0.1, 0.15) is 27.6 Å². The van der Waals surface area contributed by atoms with Crippen LogP contribution in [0, 0.1) is 0 Å². The molecule has 0 aliphatic carbocycles. The Kier molecular flexibility index (Phi) is 4.71. The molecule has 134 valence electrons. The number of rotatable bonds is 5. The first-order valence-electron chi connectivity index (χ1n) is 8.94. The van der Waals surface area contributed by atoms with E-state index in [2.05, 4.69) is 47.5 Å². The maximum absolute atomic E-state index is 6.00. The van der Waals surface area contributed by atoms with Gasteiger partial charge in [-0.05, 0) is 55.6 Å². The molecule has 2 aliphatic heterocycles. The monoisotopic (exact) mass is 358 g/mol. The van der Waals surface area contributed by atoms with Crippen LogP contribution in [-0.2, 0) is 19.4 Å². The van der Waals surface area contributed by atoms with E-state index in [9.17, 15) is 0 Å². The Labute approximate surface area is 154 Å². The largest absolute Gasteiger partial charge is 0.493 e. The van der Waals surface area contributed by atoms with E-state index >= 15 is 0 Å². The molecular formula is C20H26N2O2S. The predicted molar refractivity (Wildman–Crippen MR) is 102 cm³/mol. The minimum Gasteiger partial charge on any atom is -0.493 e. The molecule has 0 unspecified atom stereocenters. The van der Waals surface area contributed by atoms with Crippen LogP contribution in [0.5, 0.6) is 11.5 Å². The van der Waals surface area contributed by atoms with Gasteiger partial charge in [-0.15, -0.1) is 11.3 Å². The molecule has 25 heavy (non-hydrogen) atoms. The average Bonchev–Trinajstić information content (AvgIpc) is 3.08. The first-order valence-corrected chi connectivity index (χ1v) is 9.82. The molecule has 0 saturated carbocycles. The van der Waals surface area contributed by atoms with Crippen molar-refractivity contribution in [2.75, 3.05) is 40.9 Å². The fraction of sp³-hybridized carbons (Fsp3) is 0.500. The first kappa shape index (κ1) is 16.9. The summed E-state index contributed by atoms with van der Waals surface area (Å²) in [4.78, 5) is 6.30. The van der Waals surface area contributed by atoms with Crippen molar-refractivity contribution in [3.05, 3.63) is 45.1 Å². The molecule has 2 aromatic rings. The second kappa shape index (κ2) is 6.98. The summed E-state index contributed by atoms with van der Waals surface area (Å²) < 4.78 is 11.8. The molecule has 1 atom stereocenters. The minimum atomic E-state index is 0.521. The summed E-state index contributed by atoms with van der Waals surface area (Å²) in [5, 5.41) is 2.24. The van der Waals surface area contributed by atoms with Crippen LogP contribution in [0.25, 0.3) is 0 Å². The van der Waals surface area contributed by atoms with Gasteiger partial charge in [0.1, 0.15) is 6.61 Å². The Morgan fingerprint density at radius 2 is 2.16 bits per heavy atom. The quantitative estimate of drug-likeness (QED) is 0.818. The van der Waals surface area contributed by atoms with Crippen molar-refractivity contribution in [3.8, 4) is 11.5 Å². The number of likely N-dealkylation sites (N-methyl/N-ethyl adjacent to an activating group) is 1. The molecule has 0 bridgehead atoms. The highest BCUT2D eigenvalue weighted by Crippen LogP contribution is 2.44. The lowest BCUT2D eigenvalue weighted by atomic mass is 9.87. The van der Waals surface area contributed by atoms with Gasteiger partial charge in [-0.2, -0.15) is 0 Å². The number of hydrogen-bond donors (Lipinski definition) is 0. The van der Waals surface area contributed by atoms with Gasteiger partial charge in [0.15, 0.2) is 11.5 Å². The number of ether oxygens (including phenoxy) is 2. The van der Waals surface area contributed by atoms with Crippen molar-refractivity contribution in [1.29, 1.82) is 0 Å². The molecule has 0 fully saturated rings.